The molecule has 2 aromatic heterocycles. The molecule has 0 bridgehead atoms. The minimum absolute atomic E-state index is 0.795. The summed E-state index contributed by atoms with van der Waals surface area (Å²) in [5, 5.41) is 0. The van der Waals surface area contributed by atoms with E-state index in [9.17, 15) is 0 Å². The van der Waals surface area contributed by atoms with Crippen LogP contribution in [0.4, 0.5) is 5.69 Å². The molecule has 0 aliphatic heterocycles. The van der Waals surface area contributed by atoms with Gasteiger partial charge in [-0.15, -0.1) is 0 Å². The first-order chi connectivity index (χ1) is 9.61. The number of pyridine rings is 2. The van der Waals surface area contributed by atoms with Crippen molar-refractivity contribution in [3.05, 3.63) is 53.1 Å². The Hall–Kier alpha value is -1.94. The molecule has 0 unspecified atom stereocenters. The fraction of sp³-hybridized carbons (Fsp3) is 0.375. The number of aromatic nitrogens is 2. The first kappa shape index (κ1) is 14.5. The highest BCUT2D eigenvalue weighted by Gasteiger charge is 2.11. The first-order valence-corrected chi connectivity index (χ1v) is 6.94. The lowest BCUT2D eigenvalue weighted by Crippen LogP contribution is -2.24. The summed E-state index contributed by atoms with van der Waals surface area (Å²) >= 11 is 0. The SMILES string of the molecule is CCN(Cc1ccccn1)Cc1ncc(C)c(N)c1C. The second-order valence-electron chi connectivity index (χ2n) is 5.05. The van der Waals surface area contributed by atoms with Crippen LogP contribution >= 0.6 is 0 Å². The molecular formula is C16H22N4. The lowest BCUT2D eigenvalue weighted by atomic mass is 10.1. The molecule has 0 aliphatic carbocycles. The summed E-state index contributed by atoms with van der Waals surface area (Å²) < 4.78 is 0. The van der Waals surface area contributed by atoms with E-state index in [1.807, 2.05) is 44.4 Å². The van der Waals surface area contributed by atoms with Crippen LogP contribution in [0.3, 0.4) is 0 Å². The van der Waals surface area contributed by atoms with Gasteiger partial charge in [0.25, 0.3) is 0 Å². The lowest BCUT2D eigenvalue weighted by Gasteiger charge is -2.21. The summed E-state index contributed by atoms with van der Waals surface area (Å²) in [4.78, 5) is 11.2. The Kier molecular flexibility index (Phi) is 4.69. The average molecular weight is 270 g/mol. The van der Waals surface area contributed by atoms with Gasteiger partial charge in [-0.25, -0.2) is 0 Å². The molecule has 0 aliphatic rings. The van der Waals surface area contributed by atoms with Crippen LogP contribution < -0.4 is 5.73 Å². The minimum atomic E-state index is 0.795. The van der Waals surface area contributed by atoms with E-state index >= 15 is 0 Å². The van der Waals surface area contributed by atoms with Crippen molar-refractivity contribution in [2.45, 2.75) is 33.9 Å². The van der Waals surface area contributed by atoms with Gasteiger partial charge in [-0.05, 0) is 43.7 Å². The first-order valence-electron chi connectivity index (χ1n) is 6.94. The maximum Gasteiger partial charge on any atom is 0.0593 e. The highest BCUT2D eigenvalue weighted by atomic mass is 15.1. The van der Waals surface area contributed by atoms with Crippen LogP contribution in [0.15, 0.2) is 30.6 Å². The summed E-state index contributed by atoms with van der Waals surface area (Å²) in [5.74, 6) is 0. The topological polar surface area (TPSA) is 55.0 Å². The average Bonchev–Trinajstić information content (AvgIpc) is 2.48. The van der Waals surface area contributed by atoms with Gasteiger partial charge in [0.05, 0.1) is 11.4 Å². The van der Waals surface area contributed by atoms with Crippen LogP contribution in [0.5, 0.6) is 0 Å². The van der Waals surface area contributed by atoms with Gasteiger partial charge in [-0.2, -0.15) is 0 Å². The van der Waals surface area contributed by atoms with Gasteiger partial charge < -0.3 is 5.73 Å². The van der Waals surface area contributed by atoms with Gasteiger partial charge >= 0.3 is 0 Å². The predicted octanol–water partition coefficient (Wildman–Crippen LogP) is 2.70. The Balaban J connectivity index is 2.13. The maximum absolute atomic E-state index is 6.08. The maximum atomic E-state index is 6.08. The Labute approximate surface area is 120 Å². The molecule has 0 amide bonds. The normalized spacial score (nSPS) is 11.0. The van der Waals surface area contributed by atoms with E-state index in [0.717, 1.165) is 47.8 Å². The Morgan fingerprint density at radius 3 is 2.60 bits per heavy atom. The molecule has 2 heterocycles. The van der Waals surface area contributed by atoms with Gasteiger partial charge in [0.15, 0.2) is 0 Å². The van der Waals surface area contributed by atoms with E-state index in [1.54, 1.807) is 0 Å². The summed E-state index contributed by atoms with van der Waals surface area (Å²) in [6.45, 7) is 8.75. The fourth-order valence-corrected chi connectivity index (χ4v) is 2.16. The molecular weight excluding hydrogens is 248 g/mol. The third kappa shape index (κ3) is 3.33. The van der Waals surface area contributed by atoms with Gasteiger partial charge in [0.2, 0.25) is 0 Å². The van der Waals surface area contributed by atoms with E-state index in [1.165, 1.54) is 0 Å². The lowest BCUT2D eigenvalue weighted by molar-refractivity contribution is 0.264. The van der Waals surface area contributed by atoms with Crippen molar-refractivity contribution in [1.82, 2.24) is 14.9 Å². The standard InChI is InChI=1S/C16H22N4/c1-4-20(10-14-7-5-6-8-18-14)11-15-13(3)16(17)12(2)9-19-15/h5-9H,4,10-11H2,1-3H3,(H2,17,19). The summed E-state index contributed by atoms with van der Waals surface area (Å²) in [5.41, 5.74) is 11.2. The summed E-state index contributed by atoms with van der Waals surface area (Å²) in [6.07, 6.45) is 3.68. The van der Waals surface area contributed by atoms with Crippen LogP contribution in [0.25, 0.3) is 0 Å². The zero-order valence-corrected chi connectivity index (χ0v) is 12.4. The molecule has 2 N–H and O–H groups in total. The van der Waals surface area contributed by atoms with E-state index < -0.39 is 0 Å². The molecule has 0 aromatic carbocycles. The molecule has 106 valence electrons. The van der Waals surface area contributed by atoms with Crippen molar-refractivity contribution in [3.8, 4) is 0 Å². The molecule has 0 radical (unpaired) electrons. The Morgan fingerprint density at radius 1 is 1.15 bits per heavy atom. The molecule has 4 nitrogen and oxygen atoms in total. The smallest absolute Gasteiger partial charge is 0.0593 e. The highest BCUT2D eigenvalue weighted by Crippen LogP contribution is 2.19. The zero-order valence-electron chi connectivity index (χ0n) is 12.4. The van der Waals surface area contributed by atoms with Crippen molar-refractivity contribution >= 4 is 5.69 Å². The third-order valence-corrected chi connectivity index (χ3v) is 3.61. The van der Waals surface area contributed by atoms with Crippen molar-refractivity contribution < 1.29 is 0 Å². The number of nitrogen functional groups attached to an aromatic ring is 1. The molecule has 0 atom stereocenters. The molecule has 4 heteroatoms. The van der Waals surface area contributed by atoms with Crippen LogP contribution in [-0.2, 0) is 13.1 Å². The van der Waals surface area contributed by atoms with Gasteiger partial charge in [-0.3, -0.25) is 14.9 Å². The Morgan fingerprint density at radius 2 is 1.95 bits per heavy atom. The molecule has 2 aromatic rings. The van der Waals surface area contributed by atoms with Crippen LogP contribution in [0.2, 0.25) is 0 Å². The van der Waals surface area contributed by atoms with Crippen molar-refractivity contribution in [2.75, 3.05) is 12.3 Å². The van der Waals surface area contributed by atoms with E-state index in [0.29, 0.717) is 0 Å². The summed E-state index contributed by atoms with van der Waals surface area (Å²) in [6, 6.07) is 6.00. The second kappa shape index (κ2) is 6.48. The molecule has 0 spiro atoms. The molecule has 0 fully saturated rings. The van der Waals surface area contributed by atoms with E-state index in [-0.39, 0.29) is 0 Å². The highest BCUT2D eigenvalue weighted by molar-refractivity contribution is 5.53. The summed E-state index contributed by atoms with van der Waals surface area (Å²) in [7, 11) is 0. The number of nitrogens with zero attached hydrogens (tertiary/aromatic N) is 3. The monoisotopic (exact) mass is 270 g/mol. The zero-order chi connectivity index (χ0) is 14.5. The number of hydrogen-bond acceptors (Lipinski definition) is 4. The fourth-order valence-electron chi connectivity index (χ4n) is 2.16. The van der Waals surface area contributed by atoms with Gasteiger partial charge in [0, 0.05) is 31.2 Å². The second-order valence-corrected chi connectivity index (χ2v) is 5.05. The number of nitrogens with two attached hydrogens (primary N) is 1. The largest absolute Gasteiger partial charge is 0.398 e. The Bertz CT molecular complexity index is 566. The molecule has 20 heavy (non-hydrogen) atoms. The van der Waals surface area contributed by atoms with Crippen LogP contribution in [-0.4, -0.2) is 21.4 Å². The van der Waals surface area contributed by atoms with Crippen LogP contribution in [0.1, 0.15) is 29.4 Å². The number of anilines is 1. The van der Waals surface area contributed by atoms with E-state index in [4.69, 9.17) is 5.73 Å². The van der Waals surface area contributed by atoms with E-state index in [2.05, 4.69) is 21.8 Å². The number of rotatable bonds is 5. The quantitative estimate of drug-likeness (QED) is 0.907. The minimum Gasteiger partial charge on any atom is -0.398 e. The molecule has 0 saturated heterocycles. The van der Waals surface area contributed by atoms with Crippen molar-refractivity contribution in [1.29, 1.82) is 0 Å². The number of aryl methyl sites for hydroxylation is 1. The van der Waals surface area contributed by atoms with Crippen LogP contribution in [0, 0.1) is 13.8 Å². The molecule has 2 rings (SSSR count). The van der Waals surface area contributed by atoms with Gasteiger partial charge in [0.1, 0.15) is 0 Å². The van der Waals surface area contributed by atoms with Crippen molar-refractivity contribution in [3.63, 3.8) is 0 Å². The number of hydrogen-bond donors (Lipinski definition) is 1. The van der Waals surface area contributed by atoms with Crippen molar-refractivity contribution in [2.24, 2.45) is 0 Å². The predicted molar refractivity (Wildman–Crippen MR) is 82.1 cm³/mol. The third-order valence-electron chi connectivity index (χ3n) is 3.61. The molecule has 0 saturated carbocycles. The van der Waals surface area contributed by atoms with Gasteiger partial charge in [-0.1, -0.05) is 13.0 Å².